The van der Waals surface area contributed by atoms with Gasteiger partial charge in [-0.05, 0) is 56.0 Å². The van der Waals surface area contributed by atoms with Gasteiger partial charge in [0.1, 0.15) is 11.6 Å². The zero-order valence-corrected chi connectivity index (χ0v) is 15.3. The molecule has 26 heavy (non-hydrogen) atoms. The maximum atomic E-state index is 13.4. The summed E-state index contributed by atoms with van der Waals surface area (Å²) in [6, 6.07) is 12.5. The Labute approximate surface area is 154 Å². The first-order valence-electron chi connectivity index (χ1n) is 9.02. The highest BCUT2D eigenvalue weighted by Crippen LogP contribution is 2.23. The van der Waals surface area contributed by atoms with Gasteiger partial charge in [-0.25, -0.2) is 4.39 Å². The molecule has 4 nitrogen and oxygen atoms in total. The number of hydrogen-bond acceptors (Lipinski definition) is 3. The molecule has 0 aliphatic carbocycles. The number of rotatable bonds is 5. The summed E-state index contributed by atoms with van der Waals surface area (Å²) in [5.74, 6) is 0.405. The van der Waals surface area contributed by atoms with Gasteiger partial charge in [0.05, 0.1) is 0 Å². The molecular weight excluding hydrogens is 331 g/mol. The number of ether oxygens (including phenoxy) is 1. The standard InChI is InChI=1S/C21H25FN2O2/c1-15-6-3-7-16(2)21(15)26-14-20(25)23-18-9-5-11-24(13-18)19-10-4-8-17(22)12-19/h3-4,6-8,10,12,18H,5,9,11,13-14H2,1-2H3,(H,23,25)/t18-/m0/s1. The molecule has 1 aliphatic heterocycles. The van der Waals surface area contributed by atoms with Crippen LogP contribution in [0.25, 0.3) is 0 Å². The van der Waals surface area contributed by atoms with E-state index in [1.165, 1.54) is 12.1 Å². The van der Waals surface area contributed by atoms with Crippen molar-refractivity contribution in [3.8, 4) is 5.75 Å². The first-order chi connectivity index (χ1) is 12.5. The first-order valence-corrected chi connectivity index (χ1v) is 9.02. The monoisotopic (exact) mass is 356 g/mol. The van der Waals surface area contributed by atoms with Crippen molar-refractivity contribution in [1.82, 2.24) is 5.32 Å². The van der Waals surface area contributed by atoms with Gasteiger partial charge in [0, 0.05) is 24.8 Å². The molecule has 0 radical (unpaired) electrons. The Bertz CT molecular complexity index is 758. The molecule has 3 rings (SSSR count). The van der Waals surface area contributed by atoms with Crippen molar-refractivity contribution in [2.75, 3.05) is 24.6 Å². The van der Waals surface area contributed by atoms with E-state index in [9.17, 15) is 9.18 Å². The van der Waals surface area contributed by atoms with Gasteiger partial charge >= 0.3 is 0 Å². The van der Waals surface area contributed by atoms with Crippen molar-refractivity contribution >= 4 is 11.6 Å². The molecule has 138 valence electrons. The average Bonchev–Trinajstić information content (AvgIpc) is 2.61. The van der Waals surface area contributed by atoms with Gasteiger partial charge in [-0.15, -0.1) is 0 Å². The summed E-state index contributed by atoms with van der Waals surface area (Å²) >= 11 is 0. The van der Waals surface area contributed by atoms with Crippen LogP contribution in [0.4, 0.5) is 10.1 Å². The molecule has 0 spiro atoms. The fraction of sp³-hybridized carbons (Fsp3) is 0.381. The summed E-state index contributed by atoms with van der Waals surface area (Å²) in [5, 5.41) is 3.04. The van der Waals surface area contributed by atoms with Gasteiger partial charge in [0.15, 0.2) is 6.61 Å². The average molecular weight is 356 g/mol. The zero-order valence-electron chi connectivity index (χ0n) is 15.3. The summed E-state index contributed by atoms with van der Waals surface area (Å²) in [4.78, 5) is 14.4. The van der Waals surface area contributed by atoms with E-state index in [2.05, 4.69) is 10.2 Å². The van der Waals surface area contributed by atoms with E-state index in [0.29, 0.717) is 6.54 Å². The molecule has 1 fully saturated rings. The predicted molar refractivity (Wildman–Crippen MR) is 101 cm³/mol. The molecule has 0 bridgehead atoms. The number of nitrogens with one attached hydrogen (secondary N) is 1. The van der Waals surface area contributed by atoms with Crippen molar-refractivity contribution in [2.45, 2.75) is 32.7 Å². The molecule has 1 N–H and O–H groups in total. The van der Waals surface area contributed by atoms with Crippen molar-refractivity contribution in [2.24, 2.45) is 0 Å². The van der Waals surface area contributed by atoms with E-state index in [4.69, 9.17) is 4.74 Å². The third-order valence-corrected chi connectivity index (χ3v) is 4.72. The lowest BCUT2D eigenvalue weighted by atomic mass is 10.0. The van der Waals surface area contributed by atoms with Crippen molar-refractivity contribution < 1.29 is 13.9 Å². The smallest absolute Gasteiger partial charge is 0.258 e. The lowest BCUT2D eigenvalue weighted by molar-refractivity contribution is -0.123. The molecule has 1 amide bonds. The van der Waals surface area contributed by atoms with Gasteiger partial charge < -0.3 is 15.0 Å². The van der Waals surface area contributed by atoms with Crippen LogP contribution in [0, 0.1) is 19.7 Å². The maximum absolute atomic E-state index is 13.4. The Morgan fingerprint density at radius 1 is 1.23 bits per heavy atom. The second kappa shape index (κ2) is 8.21. The molecule has 0 saturated carbocycles. The van der Waals surface area contributed by atoms with Crippen LogP contribution in [0.3, 0.4) is 0 Å². The molecule has 5 heteroatoms. The molecule has 2 aromatic carbocycles. The number of anilines is 1. The largest absolute Gasteiger partial charge is 0.483 e. The van der Waals surface area contributed by atoms with Crippen molar-refractivity contribution in [3.05, 3.63) is 59.4 Å². The number of halogens is 1. The minimum atomic E-state index is -0.240. The van der Waals surface area contributed by atoms with E-state index >= 15 is 0 Å². The number of aryl methyl sites for hydroxylation is 2. The SMILES string of the molecule is Cc1cccc(C)c1OCC(=O)N[C@H]1CCCN(c2cccc(F)c2)C1. The summed E-state index contributed by atoms with van der Waals surface area (Å²) in [5.41, 5.74) is 2.90. The number of hydrogen-bond donors (Lipinski definition) is 1. The van der Waals surface area contributed by atoms with Crippen LogP contribution in [-0.2, 0) is 4.79 Å². The molecule has 1 saturated heterocycles. The lowest BCUT2D eigenvalue weighted by Gasteiger charge is -2.34. The van der Waals surface area contributed by atoms with Crippen LogP contribution in [0.15, 0.2) is 42.5 Å². The fourth-order valence-corrected chi connectivity index (χ4v) is 3.44. The first kappa shape index (κ1) is 18.2. The summed E-state index contributed by atoms with van der Waals surface area (Å²) in [6.45, 7) is 5.49. The van der Waals surface area contributed by atoms with Crippen LogP contribution in [0.5, 0.6) is 5.75 Å². The number of benzene rings is 2. The van der Waals surface area contributed by atoms with E-state index in [1.54, 1.807) is 6.07 Å². The topological polar surface area (TPSA) is 41.6 Å². The normalized spacial score (nSPS) is 17.0. The number of carbonyl (C=O) groups excluding carboxylic acids is 1. The number of carbonyl (C=O) groups is 1. The molecule has 2 aromatic rings. The lowest BCUT2D eigenvalue weighted by Crippen LogP contribution is -2.49. The highest BCUT2D eigenvalue weighted by molar-refractivity contribution is 5.78. The third-order valence-electron chi connectivity index (χ3n) is 4.72. The van der Waals surface area contributed by atoms with Crippen molar-refractivity contribution in [1.29, 1.82) is 0 Å². The van der Waals surface area contributed by atoms with Gasteiger partial charge in [-0.2, -0.15) is 0 Å². The van der Waals surface area contributed by atoms with Gasteiger partial charge in [0.2, 0.25) is 0 Å². The third kappa shape index (κ3) is 4.54. The van der Waals surface area contributed by atoms with Gasteiger partial charge in [0.25, 0.3) is 5.91 Å². The number of nitrogens with zero attached hydrogens (tertiary/aromatic N) is 1. The van der Waals surface area contributed by atoms with Crippen LogP contribution < -0.4 is 15.0 Å². The zero-order chi connectivity index (χ0) is 18.5. The summed E-state index contributed by atoms with van der Waals surface area (Å²) in [6.07, 6.45) is 1.88. The number of para-hydroxylation sites is 1. The van der Waals surface area contributed by atoms with Crippen molar-refractivity contribution in [3.63, 3.8) is 0 Å². The second-order valence-corrected chi connectivity index (χ2v) is 6.84. The van der Waals surface area contributed by atoms with Gasteiger partial charge in [-0.3, -0.25) is 4.79 Å². The number of amides is 1. The quantitative estimate of drug-likeness (QED) is 0.890. The highest BCUT2D eigenvalue weighted by Gasteiger charge is 2.22. The van der Waals surface area contributed by atoms with Gasteiger partial charge in [-0.1, -0.05) is 24.3 Å². The Hall–Kier alpha value is -2.56. The van der Waals surface area contributed by atoms with E-state index < -0.39 is 0 Å². The molecule has 0 aromatic heterocycles. The summed E-state index contributed by atoms with van der Waals surface area (Å²) < 4.78 is 19.2. The molecule has 1 atom stereocenters. The summed E-state index contributed by atoms with van der Waals surface area (Å²) in [7, 11) is 0. The molecule has 1 heterocycles. The number of piperidine rings is 1. The maximum Gasteiger partial charge on any atom is 0.258 e. The van der Waals surface area contributed by atoms with Crippen LogP contribution in [0.1, 0.15) is 24.0 Å². The Morgan fingerprint density at radius 2 is 1.96 bits per heavy atom. The highest BCUT2D eigenvalue weighted by atomic mass is 19.1. The molecule has 0 unspecified atom stereocenters. The Morgan fingerprint density at radius 3 is 2.69 bits per heavy atom. The predicted octanol–water partition coefficient (Wildman–Crippen LogP) is 3.61. The van der Waals surface area contributed by atoms with E-state index in [1.807, 2.05) is 38.1 Å². The molecule has 1 aliphatic rings. The Balaban J connectivity index is 1.54. The van der Waals surface area contributed by atoms with Crippen LogP contribution >= 0.6 is 0 Å². The minimum absolute atomic E-state index is 0.00214. The van der Waals surface area contributed by atoms with E-state index in [-0.39, 0.29) is 24.4 Å². The molecular formula is C21H25FN2O2. The van der Waals surface area contributed by atoms with E-state index in [0.717, 1.165) is 42.0 Å². The fourth-order valence-electron chi connectivity index (χ4n) is 3.44. The Kier molecular flexibility index (Phi) is 5.76. The van der Waals surface area contributed by atoms with Crippen LogP contribution in [0.2, 0.25) is 0 Å². The minimum Gasteiger partial charge on any atom is -0.483 e. The van der Waals surface area contributed by atoms with Crippen LogP contribution in [-0.4, -0.2) is 31.6 Å². The second-order valence-electron chi connectivity index (χ2n) is 6.84.